The number of aliphatic carboxylic acids is 1. The van der Waals surface area contributed by atoms with E-state index < -0.39 is 17.9 Å². The Hall–Kier alpha value is -2.38. The summed E-state index contributed by atoms with van der Waals surface area (Å²) in [6.45, 7) is 0.212. The highest BCUT2D eigenvalue weighted by Gasteiger charge is 2.22. The standard InChI is InChI=1S/C15H15ClN2O5/c1-22-6-5-11(15(20)21)17-14(19)12-8-13(23-18-12)9-3-2-4-10(16)7-9/h2-4,7-8,11H,5-6H2,1H3,(H,17,19)(H,20,21). The first kappa shape index (κ1) is 17.0. The van der Waals surface area contributed by atoms with Gasteiger partial charge in [0.2, 0.25) is 0 Å². The maximum absolute atomic E-state index is 12.1. The van der Waals surface area contributed by atoms with Gasteiger partial charge in [0.1, 0.15) is 6.04 Å². The number of nitrogens with one attached hydrogen (secondary N) is 1. The number of rotatable bonds is 7. The normalized spacial score (nSPS) is 11.9. The van der Waals surface area contributed by atoms with E-state index in [1.165, 1.54) is 13.2 Å². The van der Waals surface area contributed by atoms with Crippen LogP contribution in [0.25, 0.3) is 11.3 Å². The van der Waals surface area contributed by atoms with Crippen LogP contribution in [0.4, 0.5) is 0 Å². The molecule has 1 unspecified atom stereocenters. The molecule has 1 amide bonds. The smallest absolute Gasteiger partial charge is 0.326 e. The molecule has 0 fully saturated rings. The monoisotopic (exact) mass is 338 g/mol. The first-order valence-electron chi connectivity index (χ1n) is 6.76. The molecular weight excluding hydrogens is 324 g/mol. The summed E-state index contributed by atoms with van der Waals surface area (Å²) in [7, 11) is 1.45. The SMILES string of the molecule is COCCC(NC(=O)c1cc(-c2cccc(Cl)c2)on1)C(=O)O. The Bertz CT molecular complexity index is 701. The van der Waals surface area contributed by atoms with Crippen molar-refractivity contribution in [2.75, 3.05) is 13.7 Å². The minimum Gasteiger partial charge on any atom is -0.480 e. The van der Waals surface area contributed by atoms with E-state index in [-0.39, 0.29) is 18.7 Å². The summed E-state index contributed by atoms with van der Waals surface area (Å²) >= 11 is 5.90. The van der Waals surface area contributed by atoms with Crippen LogP contribution in [0.5, 0.6) is 0 Å². The Labute approximate surface area is 137 Å². The molecule has 122 valence electrons. The zero-order valence-corrected chi connectivity index (χ0v) is 13.0. The fourth-order valence-corrected chi connectivity index (χ4v) is 2.08. The van der Waals surface area contributed by atoms with Crippen LogP contribution < -0.4 is 5.32 Å². The third-order valence-electron chi connectivity index (χ3n) is 3.07. The number of ether oxygens (including phenoxy) is 1. The van der Waals surface area contributed by atoms with Crippen molar-refractivity contribution in [3.63, 3.8) is 0 Å². The largest absolute Gasteiger partial charge is 0.480 e. The third-order valence-corrected chi connectivity index (χ3v) is 3.30. The molecule has 0 saturated heterocycles. The van der Waals surface area contributed by atoms with Gasteiger partial charge < -0.3 is 19.7 Å². The molecule has 0 bridgehead atoms. The van der Waals surface area contributed by atoms with Gasteiger partial charge in [-0.05, 0) is 12.1 Å². The van der Waals surface area contributed by atoms with Crippen LogP contribution in [-0.2, 0) is 9.53 Å². The molecule has 8 heteroatoms. The molecule has 0 aliphatic carbocycles. The van der Waals surface area contributed by atoms with Crippen molar-refractivity contribution in [2.45, 2.75) is 12.5 Å². The Morgan fingerprint density at radius 2 is 2.22 bits per heavy atom. The lowest BCUT2D eigenvalue weighted by atomic mass is 10.1. The lowest BCUT2D eigenvalue weighted by Crippen LogP contribution is -2.41. The van der Waals surface area contributed by atoms with E-state index in [2.05, 4.69) is 10.5 Å². The molecule has 2 rings (SSSR count). The second kappa shape index (κ2) is 7.75. The number of carboxylic acid groups (broad SMARTS) is 1. The van der Waals surface area contributed by atoms with E-state index in [0.717, 1.165) is 0 Å². The number of nitrogens with zero attached hydrogens (tertiary/aromatic N) is 1. The quantitative estimate of drug-likeness (QED) is 0.802. The van der Waals surface area contributed by atoms with E-state index in [4.69, 9.17) is 26.0 Å². The number of hydrogen-bond acceptors (Lipinski definition) is 5. The van der Waals surface area contributed by atoms with Gasteiger partial charge in [-0.3, -0.25) is 4.79 Å². The molecular formula is C15H15ClN2O5. The van der Waals surface area contributed by atoms with E-state index in [1.807, 2.05) is 0 Å². The summed E-state index contributed by atoms with van der Waals surface area (Å²) in [5.41, 5.74) is 0.654. The zero-order chi connectivity index (χ0) is 16.8. The van der Waals surface area contributed by atoms with Crippen LogP contribution in [-0.4, -0.2) is 41.9 Å². The minimum absolute atomic E-state index is 0.0105. The average Bonchev–Trinajstić information content (AvgIpc) is 3.01. The third kappa shape index (κ3) is 4.54. The predicted octanol–water partition coefficient (Wildman–Crippen LogP) is 2.21. The van der Waals surface area contributed by atoms with Crippen molar-refractivity contribution < 1.29 is 24.0 Å². The van der Waals surface area contributed by atoms with Gasteiger partial charge in [0.25, 0.3) is 5.91 Å². The van der Waals surface area contributed by atoms with E-state index in [9.17, 15) is 9.59 Å². The van der Waals surface area contributed by atoms with Crippen LogP contribution in [0.15, 0.2) is 34.9 Å². The van der Waals surface area contributed by atoms with Crippen molar-refractivity contribution in [3.05, 3.63) is 41.0 Å². The molecule has 2 aromatic rings. The summed E-state index contributed by atoms with van der Waals surface area (Å²) in [6.07, 6.45) is 0.149. The Kier molecular flexibility index (Phi) is 5.72. The highest BCUT2D eigenvalue weighted by atomic mass is 35.5. The van der Waals surface area contributed by atoms with E-state index in [1.54, 1.807) is 24.3 Å². The number of carboxylic acids is 1. The zero-order valence-electron chi connectivity index (χ0n) is 12.3. The molecule has 1 heterocycles. The van der Waals surface area contributed by atoms with E-state index in [0.29, 0.717) is 16.3 Å². The number of methoxy groups -OCH3 is 1. The van der Waals surface area contributed by atoms with Crippen molar-refractivity contribution in [3.8, 4) is 11.3 Å². The van der Waals surface area contributed by atoms with Gasteiger partial charge in [0.05, 0.1) is 0 Å². The van der Waals surface area contributed by atoms with Crippen LogP contribution in [0, 0.1) is 0 Å². The number of benzene rings is 1. The Balaban J connectivity index is 2.10. The molecule has 0 spiro atoms. The number of halogens is 1. The summed E-state index contributed by atoms with van der Waals surface area (Å²) in [5.74, 6) is -1.42. The molecule has 1 aromatic heterocycles. The second-order valence-corrected chi connectivity index (χ2v) is 5.17. The van der Waals surface area contributed by atoms with Gasteiger partial charge in [-0.25, -0.2) is 4.79 Å². The van der Waals surface area contributed by atoms with Gasteiger partial charge in [-0.2, -0.15) is 0 Å². The van der Waals surface area contributed by atoms with Gasteiger partial charge in [-0.1, -0.05) is 28.9 Å². The highest BCUT2D eigenvalue weighted by Crippen LogP contribution is 2.23. The molecule has 0 saturated carbocycles. The summed E-state index contributed by atoms with van der Waals surface area (Å²) in [6, 6.07) is 7.24. The Morgan fingerprint density at radius 1 is 1.43 bits per heavy atom. The fourth-order valence-electron chi connectivity index (χ4n) is 1.89. The number of carbonyl (C=O) groups excluding carboxylic acids is 1. The topological polar surface area (TPSA) is 102 Å². The summed E-state index contributed by atoms with van der Waals surface area (Å²) < 4.78 is 9.93. The molecule has 0 aliphatic heterocycles. The van der Waals surface area contributed by atoms with E-state index >= 15 is 0 Å². The first-order valence-corrected chi connectivity index (χ1v) is 7.14. The van der Waals surface area contributed by atoms with Crippen LogP contribution in [0.2, 0.25) is 5.02 Å². The Morgan fingerprint density at radius 3 is 2.87 bits per heavy atom. The fraction of sp³-hybridized carbons (Fsp3) is 0.267. The van der Waals surface area contributed by atoms with Gasteiger partial charge in [0, 0.05) is 36.8 Å². The molecule has 2 N–H and O–H groups in total. The van der Waals surface area contributed by atoms with Crippen LogP contribution >= 0.6 is 11.6 Å². The predicted molar refractivity (Wildman–Crippen MR) is 82.3 cm³/mol. The van der Waals surface area contributed by atoms with Gasteiger partial charge >= 0.3 is 5.97 Å². The van der Waals surface area contributed by atoms with Crippen LogP contribution in [0.1, 0.15) is 16.9 Å². The van der Waals surface area contributed by atoms with Crippen LogP contribution in [0.3, 0.4) is 0 Å². The van der Waals surface area contributed by atoms with Crippen molar-refractivity contribution in [1.29, 1.82) is 0 Å². The average molecular weight is 339 g/mol. The first-order chi connectivity index (χ1) is 11.0. The minimum atomic E-state index is -1.14. The maximum atomic E-state index is 12.1. The molecule has 23 heavy (non-hydrogen) atoms. The summed E-state index contributed by atoms with van der Waals surface area (Å²) in [5, 5.41) is 15.6. The van der Waals surface area contributed by atoms with Crippen molar-refractivity contribution in [1.82, 2.24) is 10.5 Å². The molecule has 1 atom stereocenters. The second-order valence-electron chi connectivity index (χ2n) is 4.73. The molecule has 1 aromatic carbocycles. The molecule has 0 radical (unpaired) electrons. The van der Waals surface area contributed by atoms with Crippen molar-refractivity contribution in [2.24, 2.45) is 0 Å². The number of aromatic nitrogens is 1. The molecule has 7 nitrogen and oxygen atoms in total. The maximum Gasteiger partial charge on any atom is 0.326 e. The number of carbonyl (C=O) groups is 2. The molecule has 0 aliphatic rings. The number of hydrogen-bond donors (Lipinski definition) is 2. The lowest BCUT2D eigenvalue weighted by molar-refractivity contribution is -0.139. The van der Waals surface area contributed by atoms with Gasteiger partial charge in [-0.15, -0.1) is 0 Å². The number of amides is 1. The van der Waals surface area contributed by atoms with Crippen molar-refractivity contribution >= 4 is 23.5 Å². The lowest BCUT2D eigenvalue weighted by Gasteiger charge is -2.12. The highest BCUT2D eigenvalue weighted by molar-refractivity contribution is 6.30. The summed E-state index contributed by atoms with van der Waals surface area (Å²) in [4.78, 5) is 23.2. The van der Waals surface area contributed by atoms with Gasteiger partial charge in [0.15, 0.2) is 11.5 Å².